The standard InChI is InChI=1S/C18H18ClF2N3S/c19-16-11-13(1-6-17(16)21)12-23-7-9-24(10-8-23)18(25)22-15-4-2-14(20)3-5-15/h1-6,11H,7-10,12H2,(H,22,25). The smallest absolute Gasteiger partial charge is 0.173 e. The highest BCUT2D eigenvalue weighted by Crippen LogP contribution is 2.18. The van der Waals surface area contributed by atoms with Crippen molar-refractivity contribution in [2.45, 2.75) is 6.54 Å². The molecule has 0 saturated carbocycles. The first-order valence-corrected chi connectivity index (χ1v) is 8.77. The van der Waals surface area contributed by atoms with Gasteiger partial charge in [0, 0.05) is 38.4 Å². The average molecular weight is 382 g/mol. The highest BCUT2D eigenvalue weighted by atomic mass is 35.5. The number of benzene rings is 2. The van der Waals surface area contributed by atoms with E-state index in [1.807, 2.05) is 0 Å². The van der Waals surface area contributed by atoms with Crippen molar-refractivity contribution < 1.29 is 8.78 Å². The summed E-state index contributed by atoms with van der Waals surface area (Å²) in [7, 11) is 0. The van der Waals surface area contributed by atoms with Crippen LogP contribution in [0.4, 0.5) is 14.5 Å². The topological polar surface area (TPSA) is 18.5 Å². The summed E-state index contributed by atoms with van der Waals surface area (Å²) in [5.74, 6) is -0.668. The zero-order chi connectivity index (χ0) is 17.8. The molecule has 3 nitrogen and oxygen atoms in total. The minimum absolute atomic E-state index is 0.154. The van der Waals surface area contributed by atoms with Gasteiger partial charge >= 0.3 is 0 Å². The van der Waals surface area contributed by atoms with Gasteiger partial charge in [-0.15, -0.1) is 0 Å². The first-order valence-electron chi connectivity index (χ1n) is 7.99. The van der Waals surface area contributed by atoms with Gasteiger partial charge in [0.1, 0.15) is 11.6 Å². The Balaban J connectivity index is 1.50. The highest BCUT2D eigenvalue weighted by molar-refractivity contribution is 7.80. The summed E-state index contributed by atoms with van der Waals surface area (Å²) in [4.78, 5) is 4.37. The Morgan fingerprint density at radius 3 is 2.36 bits per heavy atom. The van der Waals surface area contributed by atoms with Crippen molar-refractivity contribution in [2.75, 3.05) is 31.5 Å². The number of nitrogens with one attached hydrogen (secondary N) is 1. The molecule has 0 atom stereocenters. The Labute approximate surface area is 156 Å². The molecule has 0 bridgehead atoms. The third-order valence-electron chi connectivity index (χ3n) is 4.15. The lowest BCUT2D eigenvalue weighted by atomic mass is 10.2. The van der Waals surface area contributed by atoms with Crippen LogP contribution >= 0.6 is 23.8 Å². The second-order valence-electron chi connectivity index (χ2n) is 5.95. The molecule has 1 heterocycles. The highest BCUT2D eigenvalue weighted by Gasteiger charge is 2.19. The fourth-order valence-electron chi connectivity index (χ4n) is 2.74. The van der Waals surface area contributed by atoms with Crippen LogP contribution in [0.2, 0.25) is 5.02 Å². The first kappa shape index (κ1) is 18.0. The molecule has 3 rings (SSSR count). The van der Waals surface area contributed by atoms with E-state index in [9.17, 15) is 8.78 Å². The Kier molecular flexibility index (Phi) is 5.83. The Hall–Kier alpha value is -1.76. The number of hydrogen-bond acceptors (Lipinski definition) is 2. The van der Waals surface area contributed by atoms with Crippen molar-refractivity contribution in [3.8, 4) is 0 Å². The second-order valence-corrected chi connectivity index (χ2v) is 6.74. The van der Waals surface area contributed by atoms with Gasteiger partial charge in [-0.1, -0.05) is 17.7 Å². The number of thiocarbonyl (C=S) groups is 1. The molecule has 7 heteroatoms. The molecule has 2 aromatic carbocycles. The van der Waals surface area contributed by atoms with Crippen LogP contribution in [0, 0.1) is 11.6 Å². The summed E-state index contributed by atoms with van der Waals surface area (Å²) >= 11 is 11.3. The lowest BCUT2D eigenvalue weighted by molar-refractivity contribution is 0.177. The maximum absolute atomic E-state index is 13.2. The van der Waals surface area contributed by atoms with E-state index in [0.29, 0.717) is 5.11 Å². The average Bonchev–Trinajstić information content (AvgIpc) is 2.61. The zero-order valence-electron chi connectivity index (χ0n) is 13.5. The molecule has 0 spiro atoms. The van der Waals surface area contributed by atoms with E-state index in [1.165, 1.54) is 18.2 Å². The van der Waals surface area contributed by atoms with Gasteiger partial charge in [0.15, 0.2) is 5.11 Å². The molecule has 0 aromatic heterocycles. The van der Waals surface area contributed by atoms with Crippen LogP contribution in [0.5, 0.6) is 0 Å². The molecule has 2 aromatic rings. The van der Waals surface area contributed by atoms with Crippen LogP contribution in [0.1, 0.15) is 5.56 Å². The van der Waals surface area contributed by atoms with Gasteiger partial charge in [-0.05, 0) is 54.2 Å². The van der Waals surface area contributed by atoms with Gasteiger partial charge in [0.2, 0.25) is 0 Å². The molecule has 25 heavy (non-hydrogen) atoms. The normalized spacial score (nSPS) is 15.2. The summed E-state index contributed by atoms with van der Waals surface area (Å²) in [5, 5.41) is 3.92. The number of rotatable bonds is 3. The summed E-state index contributed by atoms with van der Waals surface area (Å²) in [6.07, 6.45) is 0. The van der Waals surface area contributed by atoms with Crippen molar-refractivity contribution >= 4 is 34.6 Å². The largest absolute Gasteiger partial charge is 0.346 e. The SMILES string of the molecule is Fc1ccc(NC(=S)N2CCN(Cc3ccc(F)c(Cl)c3)CC2)cc1. The van der Waals surface area contributed by atoms with Gasteiger partial charge in [-0.2, -0.15) is 0 Å². The molecule has 0 radical (unpaired) electrons. The molecule has 132 valence electrons. The van der Waals surface area contributed by atoms with Crippen molar-refractivity contribution in [3.05, 3.63) is 64.7 Å². The Bertz CT molecular complexity index is 746. The minimum Gasteiger partial charge on any atom is -0.346 e. The molecule has 1 aliphatic rings. The molecule has 0 amide bonds. The maximum atomic E-state index is 13.2. The summed E-state index contributed by atoms with van der Waals surface area (Å²) in [6.45, 7) is 4.01. The van der Waals surface area contributed by atoms with E-state index < -0.39 is 5.82 Å². The van der Waals surface area contributed by atoms with Crippen molar-refractivity contribution in [1.29, 1.82) is 0 Å². The lowest BCUT2D eigenvalue weighted by Gasteiger charge is -2.36. The predicted molar refractivity (Wildman–Crippen MR) is 101 cm³/mol. The molecule has 0 aliphatic carbocycles. The quantitative estimate of drug-likeness (QED) is 0.805. The van der Waals surface area contributed by atoms with E-state index in [4.69, 9.17) is 23.8 Å². The molecule has 1 fully saturated rings. The van der Waals surface area contributed by atoms with Crippen LogP contribution in [0.25, 0.3) is 0 Å². The van der Waals surface area contributed by atoms with Crippen molar-refractivity contribution in [3.63, 3.8) is 0 Å². The Morgan fingerprint density at radius 2 is 1.72 bits per heavy atom. The van der Waals surface area contributed by atoms with Crippen LogP contribution in [-0.4, -0.2) is 41.1 Å². The minimum atomic E-state index is -0.396. The molecule has 0 unspecified atom stereocenters. The third kappa shape index (κ3) is 4.87. The van der Waals surface area contributed by atoms with Crippen molar-refractivity contribution in [1.82, 2.24) is 9.80 Å². The van der Waals surface area contributed by atoms with Crippen LogP contribution in [0.3, 0.4) is 0 Å². The van der Waals surface area contributed by atoms with Crippen LogP contribution in [-0.2, 0) is 6.54 Å². The van der Waals surface area contributed by atoms with Gasteiger partial charge in [-0.3, -0.25) is 4.90 Å². The van der Waals surface area contributed by atoms with Crippen molar-refractivity contribution in [2.24, 2.45) is 0 Å². The zero-order valence-corrected chi connectivity index (χ0v) is 15.1. The molecular formula is C18H18ClF2N3S. The Morgan fingerprint density at radius 1 is 1.04 bits per heavy atom. The molecule has 1 aliphatic heterocycles. The second kappa shape index (κ2) is 8.08. The first-order chi connectivity index (χ1) is 12.0. The fourth-order valence-corrected chi connectivity index (χ4v) is 3.24. The summed E-state index contributed by atoms with van der Waals surface area (Å²) in [5.41, 5.74) is 1.77. The van der Waals surface area contributed by atoms with E-state index in [1.54, 1.807) is 24.3 Å². The van der Waals surface area contributed by atoms with Gasteiger partial charge in [-0.25, -0.2) is 8.78 Å². The third-order valence-corrected chi connectivity index (χ3v) is 4.80. The number of piperazine rings is 1. The molecule has 1 saturated heterocycles. The summed E-state index contributed by atoms with van der Waals surface area (Å²) in [6, 6.07) is 11.0. The lowest BCUT2D eigenvalue weighted by Crippen LogP contribution is -2.49. The maximum Gasteiger partial charge on any atom is 0.173 e. The predicted octanol–water partition coefficient (Wildman–Crippen LogP) is 4.13. The van der Waals surface area contributed by atoms with Crippen LogP contribution in [0.15, 0.2) is 42.5 Å². The fraction of sp³-hybridized carbons (Fsp3) is 0.278. The number of anilines is 1. The van der Waals surface area contributed by atoms with E-state index in [-0.39, 0.29) is 10.8 Å². The molecule has 1 N–H and O–H groups in total. The van der Waals surface area contributed by atoms with E-state index in [2.05, 4.69) is 15.1 Å². The molecular weight excluding hydrogens is 364 g/mol. The van der Waals surface area contributed by atoms with E-state index >= 15 is 0 Å². The van der Waals surface area contributed by atoms with Gasteiger partial charge in [0.25, 0.3) is 0 Å². The number of halogens is 3. The van der Waals surface area contributed by atoms with Gasteiger partial charge < -0.3 is 10.2 Å². The summed E-state index contributed by atoms with van der Waals surface area (Å²) < 4.78 is 26.2. The number of hydrogen-bond donors (Lipinski definition) is 1. The monoisotopic (exact) mass is 381 g/mol. The van der Waals surface area contributed by atoms with E-state index in [0.717, 1.165) is 44.0 Å². The number of nitrogens with zero attached hydrogens (tertiary/aromatic N) is 2. The van der Waals surface area contributed by atoms with Gasteiger partial charge in [0.05, 0.1) is 5.02 Å². The van der Waals surface area contributed by atoms with Crippen LogP contribution < -0.4 is 5.32 Å².